The molecule has 0 saturated heterocycles. The molecule has 0 amide bonds. The molecule has 0 aliphatic heterocycles. The molecule has 0 aliphatic carbocycles. The summed E-state index contributed by atoms with van der Waals surface area (Å²) in [5.74, 6) is 0. The molecule has 0 unspecified atom stereocenters. The van der Waals surface area contributed by atoms with Crippen LogP contribution in [0, 0.1) is 6.92 Å². The second-order valence-electron chi connectivity index (χ2n) is 3.65. The molecule has 0 spiro atoms. The van der Waals surface area contributed by atoms with Crippen LogP contribution in [0.4, 0.5) is 5.69 Å². The van der Waals surface area contributed by atoms with E-state index in [9.17, 15) is 0 Å². The van der Waals surface area contributed by atoms with E-state index in [4.69, 9.17) is 0 Å². The van der Waals surface area contributed by atoms with Gasteiger partial charge in [0.05, 0.1) is 5.69 Å². The van der Waals surface area contributed by atoms with Crippen LogP contribution in [0.15, 0.2) is 36.8 Å². The summed E-state index contributed by atoms with van der Waals surface area (Å²) in [6, 6.07) is 6.03. The molecule has 2 heterocycles. The number of nitrogens with one attached hydrogen (secondary N) is 1. The first-order valence-electron chi connectivity index (χ1n) is 5.42. The van der Waals surface area contributed by atoms with Gasteiger partial charge in [0, 0.05) is 36.4 Å². The zero-order valence-electron chi connectivity index (χ0n) is 9.57. The molecular formula is C13H15N3. The van der Waals surface area contributed by atoms with Gasteiger partial charge in [-0.3, -0.25) is 9.97 Å². The minimum atomic E-state index is 0.915. The number of rotatable bonds is 3. The standard InChI is InChI=1S/C13H15N3/c1-3-15-11-4-7-16-13(8-11)12-5-6-14-9-10(12)2/h4-9H,3H2,1-2H3,(H,15,16). The molecule has 0 aromatic carbocycles. The fourth-order valence-electron chi connectivity index (χ4n) is 1.65. The Morgan fingerprint density at radius 3 is 2.88 bits per heavy atom. The van der Waals surface area contributed by atoms with Crippen LogP contribution in [0.5, 0.6) is 0 Å². The largest absolute Gasteiger partial charge is 0.385 e. The lowest BCUT2D eigenvalue weighted by Gasteiger charge is -2.07. The molecule has 82 valence electrons. The number of pyridine rings is 2. The second kappa shape index (κ2) is 4.75. The summed E-state index contributed by atoms with van der Waals surface area (Å²) >= 11 is 0. The van der Waals surface area contributed by atoms with E-state index in [1.165, 1.54) is 0 Å². The number of aromatic nitrogens is 2. The van der Waals surface area contributed by atoms with Crippen molar-refractivity contribution >= 4 is 5.69 Å². The van der Waals surface area contributed by atoms with Gasteiger partial charge in [-0.05, 0) is 37.6 Å². The Morgan fingerprint density at radius 1 is 1.25 bits per heavy atom. The van der Waals surface area contributed by atoms with Crippen molar-refractivity contribution < 1.29 is 0 Å². The molecule has 0 saturated carbocycles. The zero-order valence-corrected chi connectivity index (χ0v) is 9.57. The third kappa shape index (κ3) is 2.19. The van der Waals surface area contributed by atoms with E-state index < -0.39 is 0 Å². The Morgan fingerprint density at radius 2 is 2.12 bits per heavy atom. The molecule has 2 aromatic rings. The van der Waals surface area contributed by atoms with E-state index in [1.54, 1.807) is 6.20 Å². The Kier molecular flexibility index (Phi) is 3.15. The van der Waals surface area contributed by atoms with Gasteiger partial charge < -0.3 is 5.32 Å². The number of aryl methyl sites for hydroxylation is 1. The highest BCUT2D eigenvalue weighted by Gasteiger charge is 2.03. The van der Waals surface area contributed by atoms with E-state index in [-0.39, 0.29) is 0 Å². The number of hydrogen-bond acceptors (Lipinski definition) is 3. The van der Waals surface area contributed by atoms with Crippen LogP contribution in [-0.4, -0.2) is 16.5 Å². The van der Waals surface area contributed by atoms with Crippen molar-refractivity contribution in [3.05, 3.63) is 42.4 Å². The number of anilines is 1. The lowest BCUT2D eigenvalue weighted by Crippen LogP contribution is -1.97. The van der Waals surface area contributed by atoms with Crippen LogP contribution >= 0.6 is 0 Å². The molecule has 0 atom stereocenters. The summed E-state index contributed by atoms with van der Waals surface area (Å²) < 4.78 is 0. The Hall–Kier alpha value is -1.90. The Bertz CT molecular complexity index is 480. The molecule has 16 heavy (non-hydrogen) atoms. The molecule has 2 aromatic heterocycles. The maximum Gasteiger partial charge on any atom is 0.0726 e. The van der Waals surface area contributed by atoms with E-state index in [1.807, 2.05) is 31.5 Å². The number of nitrogens with zero attached hydrogens (tertiary/aromatic N) is 2. The normalized spacial score (nSPS) is 10.1. The van der Waals surface area contributed by atoms with Gasteiger partial charge in [-0.25, -0.2) is 0 Å². The second-order valence-corrected chi connectivity index (χ2v) is 3.65. The van der Waals surface area contributed by atoms with Crippen molar-refractivity contribution in [3.63, 3.8) is 0 Å². The molecule has 0 bridgehead atoms. The van der Waals surface area contributed by atoms with Gasteiger partial charge in [-0.15, -0.1) is 0 Å². The fourth-order valence-corrected chi connectivity index (χ4v) is 1.65. The molecule has 0 aliphatic rings. The summed E-state index contributed by atoms with van der Waals surface area (Å²) in [6.07, 6.45) is 5.48. The fraction of sp³-hybridized carbons (Fsp3) is 0.231. The maximum absolute atomic E-state index is 4.38. The summed E-state index contributed by atoms with van der Waals surface area (Å²) in [5.41, 5.74) is 4.36. The lowest BCUT2D eigenvalue weighted by molar-refractivity contribution is 1.19. The molecular weight excluding hydrogens is 198 g/mol. The highest BCUT2D eigenvalue weighted by atomic mass is 14.9. The topological polar surface area (TPSA) is 37.8 Å². The van der Waals surface area contributed by atoms with Crippen LogP contribution < -0.4 is 5.32 Å². The van der Waals surface area contributed by atoms with Gasteiger partial charge in [0.2, 0.25) is 0 Å². The zero-order chi connectivity index (χ0) is 11.4. The third-order valence-corrected chi connectivity index (χ3v) is 2.44. The van der Waals surface area contributed by atoms with Crippen LogP contribution in [0.3, 0.4) is 0 Å². The Labute approximate surface area is 95.6 Å². The van der Waals surface area contributed by atoms with Crippen molar-refractivity contribution in [2.75, 3.05) is 11.9 Å². The monoisotopic (exact) mass is 213 g/mol. The minimum absolute atomic E-state index is 0.915. The molecule has 2 rings (SSSR count). The highest BCUT2D eigenvalue weighted by Crippen LogP contribution is 2.22. The predicted molar refractivity (Wildman–Crippen MR) is 66.4 cm³/mol. The van der Waals surface area contributed by atoms with E-state index >= 15 is 0 Å². The van der Waals surface area contributed by atoms with Crippen molar-refractivity contribution in [3.8, 4) is 11.3 Å². The van der Waals surface area contributed by atoms with Crippen LogP contribution in [0.25, 0.3) is 11.3 Å². The predicted octanol–water partition coefficient (Wildman–Crippen LogP) is 2.88. The van der Waals surface area contributed by atoms with Crippen molar-refractivity contribution in [2.24, 2.45) is 0 Å². The average Bonchev–Trinajstić information content (AvgIpc) is 2.30. The van der Waals surface area contributed by atoms with Crippen LogP contribution in [0.1, 0.15) is 12.5 Å². The highest BCUT2D eigenvalue weighted by molar-refractivity contribution is 5.66. The first kappa shape index (κ1) is 10.6. The van der Waals surface area contributed by atoms with Crippen molar-refractivity contribution in [1.82, 2.24) is 9.97 Å². The molecule has 1 N–H and O–H groups in total. The maximum atomic E-state index is 4.38. The van der Waals surface area contributed by atoms with Crippen molar-refractivity contribution in [2.45, 2.75) is 13.8 Å². The van der Waals surface area contributed by atoms with Gasteiger partial charge in [-0.2, -0.15) is 0 Å². The van der Waals surface area contributed by atoms with Gasteiger partial charge >= 0.3 is 0 Å². The smallest absolute Gasteiger partial charge is 0.0726 e. The first-order valence-corrected chi connectivity index (χ1v) is 5.42. The molecule has 3 heteroatoms. The van der Waals surface area contributed by atoms with Gasteiger partial charge in [0.1, 0.15) is 0 Å². The first-order chi connectivity index (χ1) is 7.81. The number of hydrogen-bond donors (Lipinski definition) is 1. The van der Waals surface area contributed by atoms with E-state index in [0.717, 1.165) is 29.1 Å². The van der Waals surface area contributed by atoms with Gasteiger partial charge in [0.15, 0.2) is 0 Å². The molecule has 0 fully saturated rings. The third-order valence-electron chi connectivity index (χ3n) is 2.44. The molecule has 3 nitrogen and oxygen atoms in total. The molecule has 0 radical (unpaired) electrons. The summed E-state index contributed by atoms with van der Waals surface area (Å²) in [6.45, 7) is 5.04. The van der Waals surface area contributed by atoms with Crippen molar-refractivity contribution in [1.29, 1.82) is 0 Å². The van der Waals surface area contributed by atoms with E-state index in [0.29, 0.717) is 0 Å². The summed E-state index contributed by atoms with van der Waals surface area (Å²) in [4.78, 5) is 8.47. The van der Waals surface area contributed by atoms with E-state index in [2.05, 4.69) is 28.3 Å². The Balaban J connectivity index is 2.40. The van der Waals surface area contributed by atoms with Crippen LogP contribution in [-0.2, 0) is 0 Å². The summed E-state index contributed by atoms with van der Waals surface area (Å²) in [5, 5.41) is 3.28. The van der Waals surface area contributed by atoms with Crippen LogP contribution in [0.2, 0.25) is 0 Å². The quantitative estimate of drug-likeness (QED) is 0.851. The SMILES string of the molecule is CCNc1ccnc(-c2ccncc2C)c1. The summed E-state index contributed by atoms with van der Waals surface area (Å²) in [7, 11) is 0. The van der Waals surface area contributed by atoms with Gasteiger partial charge in [0.25, 0.3) is 0 Å². The van der Waals surface area contributed by atoms with Gasteiger partial charge in [-0.1, -0.05) is 0 Å². The average molecular weight is 213 g/mol. The lowest BCUT2D eigenvalue weighted by atomic mass is 10.1. The minimum Gasteiger partial charge on any atom is -0.385 e.